The van der Waals surface area contributed by atoms with Crippen molar-refractivity contribution in [3.63, 3.8) is 0 Å². The van der Waals surface area contributed by atoms with Crippen LogP contribution in [0, 0.1) is 23.4 Å². The first-order chi connectivity index (χ1) is 6.11. The number of fused-ring (bicyclic) bond motifs is 1. The highest BCUT2D eigenvalue weighted by Crippen LogP contribution is 2.22. The summed E-state index contributed by atoms with van der Waals surface area (Å²) in [6, 6.07) is 0.618. The molecule has 2 aromatic rings. The molecule has 0 aliphatic carbocycles. The molecule has 2 nitrogen and oxygen atoms in total. The molecule has 0 unspecified atom stereocenters. The number of hydrogen-bond acceptors (Lipinski definition) is 1. The van der Waals surface area contributed by atoms with Crippen molar-refractivity contribution in [1.29, 1.82) is 0 Å². The van der Waals surface area contributed by atoms with Crippen LogP contribution < -0.4 is 0 Å². The zero-order valence-corrected chi connectivity index (χ0v) is 6.04. The average molecular weight is 190 g/mol. The fourth-order valence-electron chi connectivity index (χ4n) is 1.04. The minimum Gasteiger partial charge on any atom is -0.252 e. The predicted molar refractivity (Wildman–Crippen MR) is 35.9 cm³/mol. The van der Waals surface area contributed by atoms with Gasteiger partial charge in [0.2, 0.25) is 5.95 Å². The van der Waals surface area contributed by atoms with Crippen molar-refractivity contribution in [2.45, 2.75) is 0 Å². The Morgan fingerprint density at radius 3 is 2.46 bits per heavy atom. The molecule has 0 bridgehead atoms. The van der Waals surface area contributed by atoms with Crippen LogP contribution in [0.3, 0.4) is 0 Å². The Balaban J connectivity index is 2.97. The summed E-state index contributed by atoms with van der Waals surface area (Å²) in [5, 5.41) is 4.35. The fraction of sp³-hybridized carbons (Fsp3) is 0. The van der Waals surface area contributed by atoms with Crippen LogP contribution in [0.4, 0.5) is 17.6 Å². The first-order valence-corrected chi connectivity index (χ1v) is 3.28. The quantitative estimate of drug-likeness (QED) is 0.500. The van der Waals surface area contributed by atoms with Crippen LogP contribution in [0.5, 0.6) is 0 Å². The fourth-order valence-corrected chi connectivity index (χ4v) is 1.04. The van der Waals surface area contributed by atoms with E-state index in [1.54, 1.807) is 5.10 Å². The number of benzene rings is 1. The molecule has 0 fully saturated rings. The van der Waals surface area contributed by atoms with Crippen LogP contribution in [0.1, 0.15) is 0 Å². The molecule has 1 aromatic heterocycles. The average Bonchev–Trinajstić information content (AvgIpc) is 2.43. The summed E-state index contributed by atoms with van der Waals surface area (Å²) in [4.78, 5) is 0. The van der Waals surface area contributed by atoms with Crippen molar-refractivity contribution < 1.29 is 17.6 Å². The van der Waals surface area contributed by atoms with E-state index in [0.717, 1.165) is 0 Å². The molecule has 1 heterocycles. The number of hydrogen-bond donors (Lipinski definition) is 1. The smallest absolute Gasteiger partial charge is 0.219 e. The number of rotatable bonds is 0. The van der Waals surface area contributed by atoms with Gasteiger partial charge in [-0.2, -0.15) is 9.49 Å². The Morgan fingerprint density at radius 1 is 1.08 bits per heavy atom. The molecule has 0 saturated carbocycles. The lowest BCUT2D eigenvalue weighted by molar-refractivity contribution is 0.451. The summed E-state index contributed by atoms with van der Waals surface area (Å²) in [6.07, 6.45) is 0. The first kappa shape index (κ1) is 8.03. The Labute approximate surface area is 69.2 Å². The minimum atomic E-state index is -1.70. The van der Waals surface area contributed by atoms with E-state index in [-0.39, 0.29) is 5.52 Å². The first-order valence-electron chi connectivity index (χ1n) is 3.28. The third kappa shape index (κ3) is 0.980. The lowest BCUT2D eigenvalue weighted by Crippen LogP contribution is -1.91. The van der Waals surface area contributed by atoms with Crippen molar-refractivity contribution in [3.8, 4) is 0 Å². The van der Waals surface area contributed by atoms with E-state index in [2.05, 4.69) is 5.10 Å². The molecule has 6 heteroatoms. The molecule has 68 valence electrons. The van der Waals surface area contributed by atoms with Crippen LogP contribution in [0.25, 0.3) is 10.9 Å². The Morgan fingerprint density at radius 2 is 1.77 bits per heavy atom. The Hall–Kier alpha value is -1.59. The summed E-state index contributed by atoms with van der Waals surface area (Å²) in [5.74, 6) is -5.78. The van der Waals surface area contributed by atoms with Gasteiger partial charge in [0.1, 0.15) is 5.52 Å². The maximum Gasteiger partial charge on any atom is 0.219 e. The molecule has 1 N–H and O–H groups in total. The highest BCUT2D eigenvalue weighted by molar-refractivity contribution is 5.79. The Bertz CT molecular complexity index is 477. The van der Waals surface area contributed by atoms with E-state index in [1.165, 1.54) is 0 Å². The van der Waals surface area contributed by atoms with Crippen LogP contribution in [0.2, 0.25) is 0 Å². The topological polar surface area (TPSA) is 28.7 Å². The SMILES string of the molecule is Fc1cc2n[nH]c(F)c2c(F)c1F. The molecular weight excluding hydrogens is 188 g/mol. The monoisotopic (exact) mass is 190 g/mol. The number of nitrogens with zero attached hydrogens (tertiary/aromatic N) is 1. The molecule has 0 amide bonds. The second kappa shape index (κ2) is 2.45. The summed E-state index contributed by atoms with van der Waals surface area (Å²) >= 11 is 0. The summed E-state index contributed by atoms with van der Waals surface area (Å²) in [6.45, 7) is 0. The summed E-state index contributed by atoms with van der Waals surface area (Å²) in [7, 11) is 0. The number of aromatic amines is 1. The molecule has 1 aromatic carbocycles. The molecule has 0 atom stereocenters. The van der Waals surface area contributed by atoms with Gasteiger partial charge in [0.25, 0.3) is 0 Å². The van der Waals surface area contributed by atoms with E-state index in [0.29, 0.717) is 6.07 Å². The zero-order chi connectivity index (χ0) is 9.59. The molecule has 0 aliphatic rings. The number of halogens is 4. The van der Waals surface area contributed by atoms with E-state index < -0.39 is 28.8 Å². The van der Waals surface area contributed by atoms with Gasteiger partial charge in [-0.15, -0.1) is 0 Å². The number of H-pyrrole nitrogens is 1. The second-order valence-electron chi connectivity index (χ2n) is 2.42. The van der Waals surface area contributed by atoms with Crippen molar-refractivity contribution >= 4 is 10.9 Å². The Kier molecular flexibility index (Phi) is 1.51. The van der Waals surface area contributed by atoms with Gasteiger partial charge >= 0.3 is 0 Å². The van der Waals surface area contributed by atoms with E-state index in [9.17, 15) is 17.6 Å². The van der Waals surface area contributed by atoms with Gasteiger partial charge in [0.15, 0.2) is 17.5 Å². The largest absolute Gasteiger partial charge is 0.252 e. The highest BCUT2D eigenvalue weighted by atomic mass is 19.2. The van der Waals surface area contributed by atoms with Gasteiger partial charge in [-0.25, -0.2) is 13.2 Å². The van der Waals surface area contributed by atoms with Gasteiger partial charge < -0.3 is 0 Å². The molecule has 0 spiro atoms. The molecule has 13 heavy (non-hydrogen) atoms. The number of nitrogens with one attached hydrogen (secondary N) is 1. The highest BCUT2D eigenvalue weighted by Gasteiger charge is 2.18. The van der Waals surface area contributed by atoms with Gasteiger partial charge in [-0.05, 0) is 0 Å². The maximum atomic E-state index is 12.8. The molecule has 0 radical (unpaired) electrons. The third-order valence-electron chi connectivity index (χ3n) is 1.64. The summed E-state index contributed by atoms with van der Waals surface area (Å²) in [5.41, 5.74) is -0.283. The van der Waals surface area contributed by atoms with Gasteiger partial charge in [0, 0.05) is 6.07 Å². The minimum absolute atomic E-state index is 0.283. The lowest BCUT2D eigenvalue weighted by atomic mass is 10.2. The molecule has 0 saturated heterocycles. The van der Waals surface area contributed by atoms with E-state index in [4.69, 9.17) is 0 Å². The van der Waals surface area contributed by atoms with Crippen LogP contribution >= 0.6 is 0 Å². The standard InChI is InChI=1S/C7H2F4N2/c8-2-1-3-4(6(10)5(2)9)7(11)13-12-3/h1H,(H,12,13). The summed E-state index contributed by atoms with van der Waals surface area (Å²) < 4.78 is 50.6. The molecular formula is C7H2F4N2. The van der Waals surface area contributed by atoms with E-state index in [1.807, 2.05) is 0 Å². The number of aromatic nitrogens is 2. The van der Waals surface area contributed by atoms with Gasteiger partial charge in [-0.3, -0.25) is 5.10 Å². The van der Waals surface area contributed by atoms with Crippen LogP contribution in [0.15, 0.2) is 6.07 Å². The lowest BCUT2D eigenvalue weighted by Gasteiger charge is -1.94. The van der Waals surface area contributed by atoms with Gasteiger partial charge in [-0.1, -0.05) is 0 Å². The second-order valence-corrected chi connectivity index (χ2v) is 2.42. The molecule has 0 aliphatic heterocycles. The third-order valence-corrected chi connectivity index (χ3v) is 1.64. The normalized spacial score (nSPS) is 11.1. The van der Waals surface area contributed by atoms with Crippen molar-refractivity contribution in [2.24, 2.45) is 0 Å². The maximum absolute atomic E-state index is 12.8. The molecule has 2 rings (SSSR count). The van der Waals surface area contributed by atoms with Crippen molar-refractivity contribution in [2.75, 3.05) is 0 Å². The zero-order valence-electron chi connectivity index (χ0n) is 6.04. The van der Waals surface area contributed by atoms with Crippen molar-refractivity contribution in [3.05, 3.63) is 29.5 Å². The van der Waals surface area contributed by atoms with Gasteiger partial charge in [0.05, 0.1) is 5.39 Å². The van der Waals surface area contributed by atoms with Crippen molar-refractivity contribution in [1.82, 2.24) is 10.2 Å². The van der Waals surface area contributed by atoms with Crippen LogP contribution in [-0.2, 0) is 0 Å². The predicted octanol–water partition coefficient (Wildman–Crippen LogP) is 2.12. The van der Waals surface area contributed by atoms with E-state index >= 15 is 0 Å². The van der Waals surface area contributed by atoms with Crippen LogP contribution in [-0.4, -0.2) is 10.2 Å².